The van der Waals surface area contributed by atoms with Crippen LogP contribution in [0, 0.1) is 17.3 Å². The second-order valence-corrected chi connectivity index (χ2v) is 7.99. The summed E-state index contributed by atoms with van der Waals surface area (Å²) in [7, 11) is 0. The molecule has 1 N–H and O–H groups in total. The molecule has 4 rings (SSSR count). The Hall–Kier alpha value is -1.61. The zero-order valence-corrected chi connectivity index (χ0v) is 14.3. The van der Waals surface area contributed by atoms with Gasteiger partial charge in [0.25, 0.3) is 0 Å². The van der Waals surface area contributed by atoms with Crippen LogP contribution in [0.5, 0.6) is 5.75 Å². The number of ketones is 1. The smallest absolute Gasteiger partial charge is 0.162 e. The molecule has 128 valence electrons. The second-order valence-electron chi connectivity index (χ2n) is 7.99. The Morgan fingerprint density at radius 2 is 2.25 bits per heavy atom. The van der Waals surface area contributed by atoms with E-state index in [4.69, 9.17) is 4.74 Å². The van der Waals surface area contributed by atoms with E-state index in [0.717, 1.165) is 31.4 Å². The van der Waals surface area contributed by atoms with Crippen LogP contribution >= 0.6 is 0 Å². The second kappa shape index (κ2) is 5.73. The highest BCUT2D eigenvalue weighted by Crippen LogP contribution is 2.60. The van der Waals surface area contributed by atoms with Gasteiger partial charge in [0.05, 0.1) is 0 Å². The molecule has 0 aliphatic heterocycles. The summed E-state index contributed by atoms with van der Waals surface area (Å²) >= 11 is 0. The highest BCUT2D eigenvalue weighted by molar-refractivity contribution is 5.86. The Morgan fingerprint density at radius 1 is 1.42 bits per heavy atom. The van der Waals surface area contributed by atoms with Gasteiger partial charge in [-0.3, -0.25) is 4.79 Å². The van der Waals surface area contributed by atoms with Crippen molar-refractivity contribution in [3.63, 3.8) is 0 Å². The number of Topliss-reactive ketones (excluding diaryl/α,β-unsaturated/α-hetero) is 1. The number of aliphatic hydroxyl groups is 1. The van der Waals surface area contributed by atoms with Crippen LogP contribution in [-0.4, -0.2) is 23.6 Å². The van der Waals surface area contributed by atoms with Gasteiger partial charge >= 0.3 is 0 Å². The first-order valence-electron chi connectivity index (χ1n) is 9.12. The number of carbonyl (C=O) groups is 1. The minimum Gasteiger partial charge on any atom is -0.490 e. The van der Waals surface area contributed by atoms with E-state index in [-0.39, 0.29) is 11.2 Å². The molecule has 0 aromatic heterocycles. The molecular weight excluding hydrogens is 300 g/mol. The lowest BCUT2D eigenvalue weighted by Crippen LogP contribution is -2.44. The standard InChI is InChI=1S/C21H26O3/c1-3-10-24-14-5-7-15-13(11-14)4-6-17-16(15)8-9-21(2)18(17)12-19(22)20(21)23/h3,5,7,11,16-18,20,23H,1,4,6,8-10,12H2,2H3. The summed E-state index contributed by atoms with van der Waals surface area (Å²) in [6, 6.07) is 6.46. The Labute approximate surface area is 143 Å². The maximum absolute atomic E-state index is 12.1. The van der Waals surface area contributed by atoms with Crippen molar-refractivity contribution in [1.29, 1.82) is 0 Å². The molecule has 3 heteroatoms. The minimum atomic E-state index is -0.750. The third-order valence-corrected chi connectivity index (χ3v) is 6.85. The maximum atomic E-state index is 12.1. The van der Waals surface area contributed by atoms with Crippen molar-refractivity contribution < 1.29 is 14.6 Å². The zero-order valence-electron chi connectivity index (χ0n) is 14.3. The van der Waals surface area contributed by atoms with Gasteiger partial charge in [-0.15, -0.1) is 0 Å². The van der Waals surface area contributed by atoms with Crippen LogP contribution in [0.1, 0.15) is 49.7 Å². The molecule has 0 heterocycles. The van der Waals surface area contributed by atoms with Crippen LogP contribution in [0.25, 0.3) is 0 Å². The van der Waals surface area contributed by atoms with E-state index in [1.807, 2.05) is 0 Å². The van der Waals surface area contributed by atoms with Gasteiger partial charge in [0.2, 0.25) is 0 Å². The van der Waals surface area contributed by atoms with Crippen molar-refractivity contribution in [2.75, 3.05) is 6.61 Å². The van der Waals surface area contributed by atoms with Crippen LogP contribution in [0.15, 0.2) is 30.9 Å². The molecule has 3 aliphatic rings. The van der Waals surface area contributed by atoms with Crippen LogP contribution in [-0.2, 0) is 11.2 Å². The summed E-state index contributed by atoms with van der Waals surface area (Å²) < 4.78 is 5.68. The lowest BCUT2D eigenvalue weighted by Gasteiger charge is -2.49. The van der Waals surface area contributed by atoms with Gasteiger partial charge < -0.3 is 9.84 Å². The number of hydrogen-bond acceptors (Lipinski definition) is 3. The van der Waals surface area contributed by atoms with Crippen LogP contribution in [0.2, 0.25) is 0 Å². The van der Waals surface area contributed by atoms with Gasteiger partial charge in [-0.05, 0) is 66.7 Å². The highest BCUT2D eigenvalue weighted by atomic mass is 16.5. The topological polar surface area (TPSA) is 46.5 Å². The minimum absolute atomic E-state index is 0.0575. The van der Waals surface area contributed by atoms with Crippen LogP contribution < -0.4 is 4.74 Å². The molecule has 3 nitrogen and oxygen atoms in total. The lowest BCUT2D eigenvalue weighted by molar-refractivity contribution is -0.128. The Bertz CT molecular complexity index is 680. The molecule has 2 fully saturated rings. The van der Waals surface area contributed by atoms with E-state index in [1.165, 1.54) is 11.1 Å². The Kier molecular flexibility index (Phi) is 3.80. The number of rotatable bonds is 3. The predicted octanol–water partition coefficient (Wildman–Crippen LogP) is 3.65. The first kappa shape index (κ1) is 15.9. The van der Waals surface area contributed by atoms with E-state index in [2.05, 4.69) is 31.7 Å². The highest BCUT2D eigenvalue weighted by Gasteiger charge is 2.57. The molecule has 0 amide bonds. The molecule has 1 aromatic rings. The Balaban J connectivity index is 1.62. The van der Waals surface area contributed by atoms with E-state index in [1.54, 1.807) is 6.08 Å². The van der Waals surface area contributed by atoms with E-state index < -0.39 is 6.10 Å². The number of hydrogen-bond donors (Lipinski definition) is 1. The van der Waals surface area contributed by atoms with Crippen molar-refractivity contribution in [2.24, 2.45) is 17.3 Å². The molecule has 0 saturated heterocycles. The lowest BCUT2D eigenvalue weighted by atomic mass is 9.55. The molecular formula is C21H26O3. The molecule has 5 unspecified atom stereocenters. The van der Waals surface area contributed by atoms with E-state index >= 15 is 0 Å². The fourth-order valence-corrected chi connectivity index (χ4v) is 5.57. The van der Waals surface area contributed by atoms with Crippen LogP contribution in [0.3, 0.4) is 0 Å². The van der Waals surface area contributed by atoms with Crippen molar-refractivity contribution in [2.45, 2.75) is 51.0 Å². The third-order valence-electron chi connectivity index (χ3n) is 6.85. The molecule has 1 aromatic carbocycles. The third kappa shape index (κ3) is 2.25. The molecule has 0 bridgehead atoms. The number of ether oxygens (including phenoxy) is 1. The fraction of sp³-hybridized carbons (Fsp3) is 0.571. The predicted molar refractivity (Wildman–Crippen MR) is 93.1 cm³/mol. The molecule has 24 heavy (non-hydrogen) atoms. The summed E-state index contributed by atoms with van der Waals surface area (Å²) in [5, 5.41) is 10.4. The molecule has 3 aliphatic carbocycles. The average molecular weight is 326 g/mol. The van der Waals surface area contributed by atoms with Gasteiger partial charge in [-0.1, -0.05) is 25.6 Å². The van der Waals surface area contributed by atoms with Gasteiger partial charge in [-0.2, -0.15) is 0 Å². The molecule has 0 spiro atoms. The first-order chi connectivity index (χ1) is 11.5. The summed E-state index contributed by atoms with van der Waals surface area (Å²) in [6.07, 6.45) is 5.75. The van der Waals surface area contributed by atoms with E-state index in [9.17, 15) is 9.90 Å². The van der Waals surface area contributed by atoms with Crippen molar-refractivity contribution >= 4 is 5.78 Å². The number of carbonyl (C=O) groups excluding carboxylic acids is 1. The zero-order chi connectivity index (χ0) is 16.9. The number of aliphatic hydroxyl groups excluding tert-OH is 1. The number of benzene rings is 1. The Morgan fingerprint density at radius 3 is 3.04 bits per heavy atom. The SMILES string of the molecule is C=CCOc1ccc2c(c1)CCC1C2CCC2(C)C(O)C(=O)CC12. The summed E-state index contributed by atoms with van der Waals surface area (Å²) in [5.74, 6) is 2.36. The van der Waals surface area contributed by atoms with Crippen molar-refractivity contribution in [3.8, 4) is 5.75 Å². The first-order valence-corrected chi connectivity index (χ1v) is 9.12. The average Bonchev–Trinajstić information content (AvgIpc) is 2.83. The molecule has 0 radical (unpaired) electrons. The maximum Gasteiger partial charge on any atom is 0.162 e. The number of aryl methyl sites for hydroxylation is 1. The quantitative estimate of drug-likeness (QED) is 0.863. The molecule has 2 saturated carbocycles. The van der Waals surface area contributed by atoms with Gasteiger partial charge in [-0.25, -0.2) is 0 Å². The van der Waals surface area contributed by atoms with Crippen molar-refractivity contribution in [3.05, 3.63) is 42.0 Å². The summed E-state index contributed by atoms with van der Waals surface area (Å²) in [5.41, 5.74) is 2.63. The summed E-state index contributed by atoms with van der Waals surface area (Å²) in [4.78, 5) is 12.1. The molecule has 5 atom stereocenters. The van der Waals surface area contributed by atoms with Gasteiger partial charge in [0.1, 0.15) is 18.5 Å². The number of fused-ring (bicyclic) bond motifs is 5. The normalized spacial score (nSPS) is 37.3. The monoisotopic (exact) mass is 326 g/mol. The van der Waals surface area contributed by atoms with Crippen molar-refractivity contribution in [1.82, 2.24) is 0 Å². The van der Waals surface area contributed by atoms with E-state index in [0.29, 0.717) is 30.8 Å². The summed E-state index contributed by atoms with van der Waals surface area (Å²) in [6.45, 7) is 6.36. The fourth-order valence-electron chi connectivity index (χ4n) is 5.57. The van der Waals surface area contributed by atoms with Gasteiger partial charge in [0, 0.05) is 11.8 Å². The van der Waals surface area contributed by atoms with Crippen LogP contribution in [0.4, 0.5) is 0 Å². The largest absolute Gasteiger partial charge is 0.490 e. The van der Waals surface area contributed by atoms with Gasteiger partial charge in [0.15, 0.2) is 5.78 Å².